The van der Waals surface area contributed by atoms with E-state index in [0.717, 1.165) is 27.2 Å². The number of hydrogen-bond donors (Lipinski definition) is 2. The topological polar surface area (TPSA) is 140 Å². The van der Waals surface area contributed by atoms with Gasteiger partial charge in [-0.1, -0.05) is 62.4 Å². The molecule has 0 amide bonds. The second-order valence-electron chi connectivity index (χ2n) is 12.8. The maximum absolute atomic E-state index is 14.6. The summed E-state index contributed by atoms with van der Waals surface area (Å²) in [6, 6.07) is 19.5. The van der Waals surface area contributed by atoms with E-state index >= 15 is 0 Å². The van der Waals surface area contributed by atoms with Gasteiger partial charge in [-0.3, -0.25) is 9.32 Å². The van der Waals surface area contributed by atoms with Crippen LogP contribution in [0.2, 0.25) is 0 Å². The lowest BCUT2D eigenvalue weighted by Gasteiger charge is -2.29. The van der Waals surface area contributed by atoms with Crippen molar-refractivity contribution in [2.24, 2.45) is 5.92 Å². The summed E-state index contributed by atoms with van der Waals surface area (Å²) in [7, 11) is -4.20. The number of rotatable bonds is 13. The molecule has 0 fully saturated rings. The van der Waals surface area contributed by atoms with Gasteiger partial charge in [0, 0.05) is 12.0 Å². The minimum atomic E-state index is -4.20. The third kappa shape index (κ3) is 7.93. The molecule has 3 atom stereocenters. The van der Waals surface area contributed by atoms with Crippen molar-refractivity contribution in [3.05, 3.63) is 72.6 Å². The van der Waals surface area contributed by atoms with Gasteiger partial charge in [0.2, 0.25) is 0 Å². The van der Waals surface area contributed by atoms with Crippen molar-refractivity contribution >= 4 is 52.2 Å². The van der Waals surface area contributed by atoms with Crippen LogP contribution in [0.4, 0.5) is 5.82 Å². The van der Waals surface area contributed by atoms with Gasteiger partial charge in [0.15, 0.2) is 5.82 Å². The summed E-state index contributed by atoms with van der Waals surface area (Å²) >= 11 is 0. The van der Waals surface area contributed by atoms with Crippen LogP contribution < -0.4 is 15.3 Å². The van der Waals surface area contributed by atoms with Crippen molar-refractivity contribution in [3.8, 4) is 5.75 Å². The molecule has 3 N–H and O–H groups in total. The number of nitrogens with zero attached hydrogens (tertiary/aromatic N) is 3. The molecular weight excluding hydrogens is 617 g/mol. The number of fused-ring (bicyclic) bond motifs is 4. The third-order valence-electron chi connectivity index (χ3n) is 7.64. The number of hydrogen-bond acceptors (Lipinski definition) is 9. The Kier molecular flexibility index (Phi) is 10.2. The van der Waals surface area contributed by atoms with Crippen LogP contribution in [0.25, 0.3) is 32.7 Å². The van der Waals surface area contributed by atoms with E-state index in [0.29, 0.717) is 29.5 Å². The average Bonchev–Trinajstić information content (AvgIpc) is 3.39. The van der Waals surface area contributed by atoms with Crippen LogP contribution in [-0.4, -0.2) is 45.4 Å². The molecular formula is C35H44N5O6P. The molecule has 47 heavy (non-hydrogen) atoms. The summed E-state index contributed by atoms with van der Waals surface area (Å²) in [5, 5.41) is 5.60. The zero-order chi connectivity index (χ0) is 33.9. The largest absolute Gasteiger partial charge is 0.459 e. The van der Waals surface area contributed by atoms with Crippen LogP contribution in [0, 0.1) is 5.92 Å². The highest BCUT2D eigenvalue weighted by atomic mass is 31.2. The molecule has 12 heteroatoms. The normalized spacial score (nSPS) is 14.8. The highest BCUT2D eigenvalue weighted by molar-refractivity contribution is 7.52. The lowest BCUT2D eigenvalue weighted by molar-refractivity contribution is -0.156. The van der Waals surface area contributed by atoms with Crippen LogP contribution >= 0.6 is 7.75 Å². The van der Waals surface area contributed by atoms with Gasteiger partial charge in [0.05, 0.1) is 23.7 Å². The van der Waals surface area contributed by atoms with Gasteiger partial charge in [0.1, 0.15) is 35.3 Å². The Morgan fingerprint density at radius 3 is 2.40 bits per heavy atom. The molecule has 0 aliphatic rings. The van der Waals surface area contributed by atoms with Crippen LogP contribution in [0.15, 0.2) is 66.7 Å². The molecule has 0 radical (unpaired) electrons. The first-order chi connectivity index (χ1) is 22.3. The minimum absolute atomic E-state index is 0.0293. The number of benzene rings is 3. The summed E-state index contributed by atoms with van der Waals surface area (Å²) in [6.07, 6.45) is 0. The Morgan fingerprint density at radius 2 is 1.70 bits per heavy atom. The van der Waals surface area contributed by atoms with E-state index in [1.165, 1.54) is 0 Å². The maximum atomic E-state index is 14.6. The van der Waals surface area contributed by atoms with Gasteiger partial charge < -0.3 is 24.3 Å². The molecule has 5 aromatic rings. The van der Waals surface area contributed by atoms with Gasteiger partial charge >= 0.3 is 13.7 Å². The van der Waals surface area contributed by atoms with Crippen LogP contribution in [0.5, 0.6) is 5.75 Å². The van der Waals surface area contributed by atoms with E-state index in [1.807, 2.05) is 79.9 Å². The Labute approximate surface area is 275 Å². The molecule has 0 spiro atoms. The summed E-state index contributed by atoms with van der Waals surface area (Å²) in [6.45, 7) is 13.5. The number of ether oxygens (including phenoxy) is 2. The molecule has 0 saturated carbocycles. The predicted molar refractivity (Wildman–Crippen MR) is 185 cm³/mol. The summed E-state index contributed by atoms with van der Waals surface area (Å²) in [5.41, 5.74) is 7.75. The number of carbonyl (C=O) groups is 1. The summed E-state index contributed by atoms with van der Waals surface area (Å²) in [4.78, 5) is 22.4. The van der Waals surface area contributed by atoms with E-state index in [4.69, 9.17) is 29.2 Å². The van der Waals surface area contributed by atoms with Crippen LogP contribution in [-0.2, 0) is 30.0 Å². The Morgan fingerprint density at radius 1 is 1.00 bits per heavy atom. The number of nitrogens with one attached hydrogen (secondary N) is 1. The van der Waals surface area contributed by atoms with Crippen molar-refractivity contribution in [1.82, 2.24) is 19.6 Å². The molecule has 0 unspecified atom stereocenters. The summed E-state index contributed by atoms with van der Waals surface area (Å²) in [5.74, 6) is 0.648. The monoisotopic (exact) mass is 661 g/mol. The van der Waals surface area contributed by atoms with E-state index < -0.39 is 31.4 Å². The highest BCUT2D eigenvalue weighted by Crippen LogP contribution is 2.47. The standard InChI is InChI=1S/C35H44N5O6P/c1-8-43-21-30-38-31-32(27-15-11-12-16-28(27)37-33(31)36)40(30)29(22(2)3)20-44-47(42,39-23(4)34(41)45-35(5,6)7)46-26-18-17-24-13-9-10-14-25(24)19-26/h9-19,22-23,29H,8,20-21H2,1-7H3,(H2,36,37)(H,39,42)/t23-,29+,47-/m0/s1. The molecule has 0 bridgehead atoms. The number of anilines is 1. The van der Waals surface area contributed by atoms with E-state index in [9.17, 15) is 9.36 Å². The van der Waals surface area contributed by atoms with Crippen LogP contribution in [0.1, 0.15) is 60.3 Å². The molecule has 0 aliphatic carbocycles. The molecule has 250 valence electrons. The van der Waals surface area contributed by atoms with Gasteiger partial charge in [-0.25, -0.2) is 14.5 Å². The maximum Gasteiger partial charge on any atom is 0.459 e. The first-order valence-corrected chi connectivity index (χ1v) is 17.4. The van der Waals surface area contributed by atoms with E-state index in [-0.39, 0.29) is 19.1 Å². The molecule has 0 aliphatic heterocycles. The lowest BCUT2D eigenvalue weighted by Crippen LogP contribution is -2.39. The summed E-state index contributed by atoms with van der Waals surface area (Å²) < 4.78 is 40.5. The lowest BCUT2D eigenvalue weighted by atomic mass is 10.0. The quantitative estimate of drug-likeness (QED) is 0.0959. The fourth-order valence-electron chi connectivity index (χ4n) is 5.39. The Balaban J connectivity index is 1.55. The molecule has 0 saturated heterocycles. The number of pyridine rings is 1. The van der Waals surface area contributed by atoms with Crippen molar-refractivity contribution in [1.29, 1.82) is 0 Å². The second-order valence-corrected chi connectivity index (χ2v) is 14.5. The number of para-hydroxylation sites is 1. The smallest absolute Gasteiger partial charge is 0.459 e. The minimum Gasteiger partial charge on any atom is -0.459 e. The van der Waals surface area contributed by atoms with Gasteiger partial charge in [-0.05, 0) is 69.5 Å². The number of nitrogens with two attached hydrogens (primary N) is 1. The van der Waals surface area contributed by atoms with Crippen LogP contribution in [0.3, 0.4) is 0 Å². The first kappa shape index (κ1) is 34.3. The molecule has 2 aromatic heterocycles. The number of nitrogen functional groups attached to an aromatic ring is 1. The predicted octanol–water partition coefficient (Wildman–Crippen LogP) is 7.58. The number of aromatic nitrogens is 3. The van der Waals surface area contributed by atoms with Crippen molar-refractivity contribution in [2.75, 3.05) is 18.9 Å². The fraction of sp³-hybridized carbons (Fsp3) is 0.400. The zero-order valence-corrected chi connectivity index (χ0v) is 28.9. The molecule has 11 nitrogen and oxygen atoms in total. The third-order valence-corrected chi connectivity index (χ3v) is 9.28. The molecule has 2 heterocycles. The Hall–Kier alpha value is -4.02. The fourth-order valence-corrected chi connectivity index (χ4v) is 6.89. The van der Waals surface area contributed by atoms with Gasteiger partial charge in [-0.2, -0.15) is 5.09 Å². The average molecular weight is 662 g/mol. The first-order valence-electron chi connectivity index (χ1n) is 15.8. The van der Waals surface area contributed by atoms with Crippen molar-refractivity contribution in [3.63, 3.8) is 0 Å². The number of carbonyl (C=O) groups excluding carboxylic acids is 1. The zero-order valence-electron chi connectivity index (χ0n) is 28.0. The Bertz CT molecular complexity index is 1940. The number of imidazole rings is 1. The van der Waals surface area contributed by atoms with E-state index in [2.05, 4.69) is 10.1 Å². The number of esters is 1. The SMILES string of the molecule is CCOCc1nc2c(N)nc3ccccc3c2n1[C@H](CO[P@@](=O)(N[C@@H](C)C(=O)OC(C)(C)C)Oc1ccc2ccccc2c1)C(C)C. The van der Waals surface area contributed by atoms with Gasteiger partial charge in [-0.15, -0.1) is 0 Å². The second kappa shape index (κ2) is 14.0. The van der Waals surface area contributed by atoms with E-state index in [1.54, 1.807) is 39.8 Å². The van der Waals surface area contributed by atoms with Crippen molar-refractivity contribution < 1.29 is 27.9 Å². The highest BCUT2D eigenvalue weighted by Gasteiger charge is 2.36. The molecule has 5 rings (SSSR count). The van der Waals surface area contributed by atoms with Gasteiger partial charge in [0.25, 0.3) is 0 Å². The molecule has 3 aromatic carbocycles. The van der Waals surface area contributed by atoms with Crippen molar-refractivity contribution in [2.45, 2.75) is 72.8 Å².